The number of nitrogens with zero attached hydrogens (tertiary/aromatic N) is 3. The average Bonchev–Trinajstić information content (AvgIpc) is 2.87. The van der Waals surface area contributed by atoms with Crippen LogP contribution in [0.15, 0.2) is 34.3 Å². The van der Waals surface area contributed by atoms with Gasteiger partial charge in [-0.25, -0.2) is 4.98 Å². The maximum atomic E-state index is 12.6. The Morgan fingerprint density at radius 2 is 1.86 bits per heavy atom. The monoisotopic (exact) mass is 364 g/mol. The lowest BCUT2D eigenvalue weighted by atomic mass is 10.3. The summed E-state index contributed by atoms with van der Waals surface area (Å²) >= 11 is 13.0. The summed E-state index contributed by atoms with van der Waals surface area (Å²) in [6.07, 6.45) is -3.75. The fourth-order valence-electron chi connectivity index (χ4n) is 1.69. The molecule has 3 rings (SSSR count). The van der Waals surface area contributed by atoms with E-state index in [1.807, 2.05) is 0 Å². The van der Waals surface area contributed by atoms with Gasteiger partial charge in [0, 0.05) is 11.1 Å². The molecule has 4 nitrogen and oxygen atoms in total. The molecule has 10 heteroatoms. The van der Waals surface area contributed by atoms with Gasteiger partial charge >= 0.3 is 6.18 Å². The summed E-state index contributed by atoms with van der Waals surface area (Å²) in [4.78, 5) is 4.34. The predicted molar refractivity (Wildman–Crippen MR) is 77.3 cm³/mol. The lowest BCUT2D eigenvalue weighted by molar-refractivity contribution is -0.137. The van der Waals surface area contributed by atoms with E-state index < -0.39 is 11.7 Å². The molecule has 0 amide bonds. The van der Waals surface area contributed by atoms with Gasteiger partial charge in [-0.15, -0.1) is 5.10 Å². The number of fused-ring (bicyclic) bond motifs is 1. The van der Waals surface area contributed by atoms with E-state index in [2.05, 4.69) is 20.4 Å². The Labute approximate surface area is 136 Å². The SMILES string of the molecule is FC(F)(F)c1cnc(Sc2cc3[nH]nnc3cc2Cl)c(Cl)c1. The van der Waals surface area contributed by atoms with Gasteiger partial charge in [-0.05, 0) is 18.2 Å². The van der Waals surface area contributed by atoms with Crippen LogP contribution in [0.1, 0.15) is 5.56 Å². The minimum Gasteiger partial charge on any atom is -0.258 e. The minimum atomic E-state index is -4.49. The van der Waals surface area contributed by atoms with Crippen LogP contribution < -0.4 is 0 Å². The van der Waals surface area contributed by atoms with E-state index >= 15 is 0 Å². The molecule has 22 heavy (non-hydrogen) atoms. The van der Waals surface area contributed by atoms with Crippen molar-refractivity contribution in [1.29, 1.82) is 0 Å². The van der Waals surface area contributed by atoms with E-state index in [4.69, 9.17) is 23.2 Å². The Morgan fingerprint density at radius 1 is 1.09 bits per heavy atom. The first-order valence-electron chi connectivity index (χ1n) is 5.75. The number of hydrogen-bond acceptors (Lipinski definition) is 4. The third-order valence-electron chi connectivity index (χ3n) is 2.72. The number of alkyl halides is 3. The third kappa shape index (κ3) is 2.99. The van der Waals surface area contributed by atoms with Crippen LogP contribution in [0.5, 0.6) is 0 Å². The predicted octanol–water partition coefficient (Wildman–Crippen LogP) is 4.83. The minimum absolute atomic E-state index is 0.0984. The van der Waals surface area contributed by atoms with Gasteiger partial charge in [0.25, 0.3) is 0 Å². The molecule has 0 spiro atoms. The topological polar surface area (TPSA) is 54.5 Å². The fraction of sp³-hybridized carbons (Fsp3) is 0.0833. The number of hydrogen-bond donors (Lipinski definition) is 1. The van der Waals surface area contributed by atoms with Gasteiger partial charge in [0.1, 0.15) is 10.5 Å². The van der Waals surface area contributed by atoms with Gasteiger partial charge in [0.2, 0.25) is 0 Å². The van der Waals surface area contributed by atoms with Crippen molar-refractivity contribution in [2.75, 3.05) is 0 Å². The number of aromatic amines is 1. The molecule has 0 aliphatic carbocycles. The largest absolute Gasteiger partial charge is 0.417 e. The summed E-state index contributed by atoms with van der Waals surface area (Å²) in [5, 5.41) is 10.6. The Hall–Kier alpha value is -1.51. The van der Waals surface area contributed by atoms with Gasteiger partial charge in [-0.3, -0.25) is 5.10 Å². The number of halogens is 5. The summed E-state index contributed by atoms with van der Waals surface area (Å²) in [6, 6.07) is 4.11. The molecule has 1 N–H and O–H groups in total. The van der Waals surface area contributed by atoms with E-state index in [1.54, 1.807) is 12.1 Å². The van der Waals surface area contributed by atoms with Crippen LogP contribution in [-0.4, -0.2) is 20.4 Å². The summed E-state index contributed by atoms with van der Waals surface area (Å²) in [7, 11) is 0. The Kier molecular flexibility index (Phi) is 3.92. The smallest absolute Gasteiger partial charge is 0.258 e. The highest BCUT2D eigenvalue weighted by atomic mass is 35.5. The molecular formula is C12H5Cl2F3N4S. The summed E-state index contributed by atoms with van der Waals surface area (Å²) in [5.74, 6) is 0. The number of aromatic nitrogens is 4. The molecule has 1 aromatic carbocycles. The molecule has 0 aliphatic heterocycles. The second-order valence-corrected chi connectivity index (χ2v) is 6.07. The van der Waals surface area contributed by atoms with Crippen LogP contribution in [0.2, 0.25) is 10.0 Å². The zero-order chi connectivity index (χ0) is 15.9. The van der Waals surface area contributed by atoms with E-state index in [-0.39, 0.29) is 10.0 Å². The highest BCUT2D eigenvalue weighted by Crippen LogP contribution is 2.39. The molecule has 0 bridgehead atoms. The van der Waals surface area contributed by atoms with Crippen molar-refractivity contribution in [2.24, 2.45) is 0 Å². The lowest BCUT2D eigenvalue weighted by Crippen LogP contribution is -2.05. The number of nitrogens with one attached hydrogen (secondary N) is 1. The van der Waals surface area contributed by atoms with E-state index in [9.17, 15) is 13.2 Å². The highest BCUT2D eigenvalue weighted by Gasteiger charge is 2.31. The maximum absolute atomic E-state index is 12.6. The first-order valence-corrected chi connectivity index (χ1v) is 7.33. The number of rotatable bonds is 2. The normalized spacial score (nSPS) is 12.0. The Morgan fingerprint density at radius 3 is 2.55 bits per heavy atom. The van der Waals surface area contributed by atoms with E-state index in [0.717, 1.165) is 24.0 Å². The molecule has 3 aromatic rings. The molecule has 2 heterocycles. The number of H-pyrrole nitrogens is 1. The molecule has 0 radical (unpaired) electrons. The molecular weight excluding hydrogens is 360 g/mol. The standard InChI is InChI=1S/C12H5Cl2F3N4S/c13-6-2-8-9(20-21-19-8)3-10(6)22-11-7(14)1-5(4-18-11)12(15,16)17/h1-4H,(H,19,20,21). The summed E-state index contributed by atoms with van der Waals surface area (Å²) < 4.78 is 37.8. The summed E-state index contributed by atoms with van der Waals surface area (Å²) in [6.45, 7) is 0. The Balaban J connectivity index is 1.96. The molecule has 0 saturated heterocycles. The van der Waals surface area contributed by atoms with Crippen LogP contribution in [0.3, 0.4) is 0 Å². The zero-order valence-corrected chi connectivity index (χ0v) is 12.8. The number of benzene rings is 1. The van der Waals surface area contributed by atoms with Crippen molar-refractivity contribution < 1.29 is 13.2 Å². The van der Waals surface area contributed by atoms with Crippen LogP contribution in [0.4, 0.5) is 13.2 Å². The maximum Gasteiger partial charge on any atom is 0.417 e. The van der Waals surface area contributed by atoms with Crippen molar-refractivity contribution in [2.45, 2.75) is 16.1 Å². The van der Waals surface area contributed by atoms with E-state index in [1.165, 1.54) is 0 Å². The van der Waals surface area contributed by atoms with Gasteiger partial charge in [-0.2, -0.15) is 13.2 Å². The van der Waals surface area contributed by atoms with E-state index in [0.29, 0.717) is 21.0 Å². The van der Waals surface area contributed by atoms with Crippen molar-refractivity contribution in [3.8, 4) is 0 Å². The first-order chi connectivity index (χ1) is 10.3. The van der Waals surface area contributed by atoms with Gasteiger partial charge < -0.3 is 0 Å². The lowest BCUT2D eigenvalue weighted by Gasteiger charge is -2.09. The Bertz CT molecular complexity index is 850. The molecule has 0 fully saturated rings. The van der Waals surface area contributed by atoms with Crippen molar-refractivity contribution in [3.63, 3.8) is 0 Å². The zero-order valence-electron chi connectivity index (χ0n) is 10.4. The third-order valence-corrected chi connectivity index (χ3v) is 4.62. The van der Waals surface area contributed by atoms with Gasteiger partial charge in [-0.1, -0.05) is 40.2 Å². The van der Waals surface area contributed by atoms with Crippen LogP contribution >= 0.6 is 35.0 Å². The fourth-order valence-corrected chi connectivity index (χ4v) is 3.04. The molecule has 0 atom stereocenters. The first kappa shape index (κ1) is 15.4. The van der Waals surface area contributed by atoms with Crippen LogP contribution in [-0.2, 0) is 6.18 Å². The van der Waals surface area contributed by atoms with Gasteiger partial charge in [0.15, 0.2) is 0 Å². The van der Waals surface area contributed by atoms with Crippen molar-refractivity contribution >= 4 is 46.0 Å². The van der Waals surface area contributed by atoms with Gasteiger partial charge in [0.05, 0.1) is 21.1 Å². The number of pyridine rings is 1. The molecule has 114 valence electrons. The molecule has 0 unspecified atom stereocenters. The van der Waals surface area contributed by atoms with Crippen LogP contribution in [0.25, 0.3) is 11.0 Å². The summed E-state index contributed by atoms with van der Waals surface area (Å²) in [5.41, 5.74) is 0.330. The van der Waals surface area contributed by atoms with Crippen LogP contribution in [0, 0.1) is 0 Å². The second-order valence-electron chi connectivity index (χ2n) is 4.22. The average molecular weight is 365 g/mol. The van der Waals surface area contributed by atoms with Crippen molar-refractivity contribution in [3.05, 3.63) is 40.0 Å². The second kappa shape index (κ2) is 5.60. The molecule has 0 saturated carbocycles. The molecule has 2 aromatic heterocycles. The highest BCUT2D eigenvalue weighted by molar-refractivity contribution is 7.99. The van der Waals surface area contributed by atoms with Crippen molar-refractivity contribution in [1.82, 2.24) is 20.4 Å². The molecule has 0 aliphatic rings. The quantitative estimate of drug-likeness (QED) is 0.707.